The molecule has 0 bridgehead atoms. The average molecular weight is 480 g/mol. The number of benzene rings is 1. The average Bonchev–Trinajstić information content (AvgIpc) is 3.56. The number of pyridine rings is 1. The molecular weight excluding hydrogens is 458 g/mol. The first-order valence-electron chi connectivity index (χ1n) is 11.1. The fourth-order valence-electron chi connectivity index (χ4n) is 4.65. The lowest BCUT2D eigenvalue weighted by Crippen LogP contribution is -2.32. The summed E-state index contributed by atoms with van der Waals surface area (Å²) >= 11 is 0. The van der Waals surface area contributed by atoms with Gasteiger partial charge in [0.05, 0.1) is 12.2 Å². The summed E-state index contributed by atoms with van der Waals surface area (Å²) in [5.74, 6) is -2.71. The number of alkyl halides is 2. The van der Waals surface area contributed by atoms with Crippen molar-refractivity contribution >= 4 is 40.1 Å². The van der Waals surface area contributed by atoms with Crippen LogP contribution in [0.4, 0.5) is 37.3 Å². The molecule has 0 atom stereocenters. The predicted octanol–water partition coefficient (Wildman–Crippen LogP) is 2.67. The van der Waals surface area contributed by atoms with E-state index in [0.29, 0.717) is 23.8 Å². The number of carbonyl (C=O) groups is 1. The predicted molar refractivity (Wildman–Crippen MR) is 127 cm³/mol. The van der Waals surface area contributed by atoms with Crippen LogP contribution in [0.5, 0.6) is 0 Å². The standard InChI is InChI=1S/C23H22F2N8O2/c1-29-22(35)31-8-6-16(10-19(31)28-29)33-13-32(15-4-2-14(26)3-5-15)18-11-17(27-20(18)33)21(34)30-9-7-23(24,25)12-30/h2-6,8,10-11,27H,7,9,12-13,26H2,1H3. The van der Waals surface area contributed by atoms with Crippen LogP contribution in [0, 0.1) is 0 Å². The summed E-state index contributed by atoms with van der Waals surface area (Å²) in [6, 6.07) is 12.6. The third-order valence-electron chi connectivity index (χ3n) is 6.48. The number of halogens is 2. The van der Waals surface area contributed by atoms with Crippen LogP contribution in [-0.2, 0) is 7.05 Å². The second-order valence-corrected chi connectivity index (χ2v) is 8.86. The lowest BCUT2D eigenvalue weighted by Gasteiger charge is -2.23. The number of nitrogens with one attached hydrogen (secondary N) is 1. The molecule has 5 heterocycles. The van der Waals surface area contributed by atoms with Crippen LogP contribution in [0.25, 0.3) is 5.65 Å². The summed E-state index contributed by atoms with van der Waals surface area (Å²) in [4.78, 5) is 33.5. The summed E-state index contributed by atoms with van der Waals surface area (Å²) in [6.45, 7) is -0.174. The fourth-order valence-corrected chi connectivity index (χ4v) is 4.65. The number of fused-ring (bicyclic) bond motifs is 2. The summed E-state index contributed by atoms with van der Waals surface area (Å²) in [7, 11) is 1.58. The van der Waals surface area contributed by atoms with Gasteiger partial charge < -0.3 is 25.4 Å². The van der Waals surface area contributed by atoms with Crippen molar-refractivity contribution in [3.8, 4) is 0 Å². The molecule has 0 aliphatic carbocycles. The minimum atomic E-state index is -2.87. The van der Waals surface area contributed by atoms with E-state index in [4.69, 9.17) is 5.73 Å². The molecule has 3 N–H and O–H groups in total. The molecular formula is C23H22F2N8O2. The van der Waals surface area contributed by atoms with Gasteiger partial charge in [-0.25, -0.2) is 18.3 Å². The molecule has 0 radical (unpaired) electrons. The molecule has 12 heteroatoms. The maximum atomic E-state index is 13.7. The van der Waals surface area contributed by atoms with Crippen molar-refractivity contribution in [3.05, 3.63) is 64.8 Å². The fraction of sp³-hybridized carbons (Fsp3) is 0.261. The Morgan fingerprint density at radius 3 is 2.60 bits per heavy atom. The molecule has 1 aromatic carbocycles. The van der Waals surface area contributed by atoms with Gasteiger partial charge >= 0.3 is 5.69 Å². The van der Waals surface area contributed by atoms with Gasteiger partial charge in [-0.05, 0) is 36.4 Å². The Morgan fingerprint density at radius 1 is 1.11 bits per heavy atom. The molecule has 3 aromatic heterocycles. The number of hydrogen-bond donors (Lipinski definition) is 2. The van der Waals surface area contributed by atoms with Crippen molar-refractivity contribution in [3.63, 3.8) is 0 Å². The number of H-pyrrole nitrogens is 1. The van der Waals surface area contributed by atoms with E-state index in [1.54, 1.807) is 43.6 Å². The Morgan fingerprint density at radius 2 is 1.89 bits per heavy atom. The van der Waals surface area contributed by atoms with Gasteiger partial charge in [0.15, 0.2) is 5.65 Å². The van der Waals surface area contributed by atoms with Crippen molar-refractivity contribution < 1.29 is 13.6 Å². The van der Waals surface area contributed by atoms with E-state index in [-0.39, 0.29) is 24.3 Å². The van der Waals surface area contributed by atoms with Gasteiger partial charge in [-0.1, -0.05) is 0 Å². The van der Waals surface area contributed by atoms with Gasteiger partial charge in [0.2, 0.25) is 0 Å². The molecule has 1 fully saturated rings. The first-order chi connectivity index (χ1) is 16.7. The quantitative estimate of drug-likeness (QED) is 0.437. The smallest absolute Gasteiger partial charge is 0.350 e. The molecule has 0 saturated carbocycles. The Bertz CT molecular complexity index is 1520. The number of anilines is 5. The highest BCUT2D eigenvalue weighted by molar-refractivity contribution is 5.98. The number of amides is 1. The van der Waals surface area contributed by atoms with E-state index >= 15 is 0 Å². The molecule has 4 aromatic rings. The lowest BCUT2D eigenvalue weighted by molar-refractivity contribution is 0.0119. The second-order valence-electron chi connectivity index (χ2n) is 8.86. The monoisotopic (exact) mass is 480 g/mol. The largest absolute Gasteiger partial charge is 0.399 e. The van der Waals surface area contributed by atoms with Crippen molar-refractivity contribution in [2.45, 2.75) is 12.3 Å². The molecule has 2 aliphatic heterocycles. The van der Waals surface area contributed by atoms with Crippen LogP contribution in [0.2, 0.25) is 0 Å². The first kappa shape index (κ1) is 21.2. The number of aromatic nitrogens is 4. The number of nitrogens with two attached hydrogens (primary N) is 1. The molecule has 0 unspecified atom stereocenters. The zero-order chi connectivity index (χ0) is 24.5. The minimum Gasteiger partial charge on any atom is -0.399 e. The molecule has 35 heavy (non-hydrogen) atoms. The summed E-state index contributed by atoms with van der Waals surface area (Å²) in [5.41, 5.74) is 9.25. The Labute approximate surface area is 197 Å². The third kappa shape index (κ3) is 3.40. The van der Waals surface area contributed by atoms with Gasteiger partial charge in [-0.2, -0.15) is 5.10 Å². The van der Waals surface area contributed by atoms with Crippen LogP contribution in [0.3, 0.4) is 0 Å². The molecule has 2 aliphatic rings. The van der Waals surface area contributed by atoms with Gasteiger partial charge in [0, 0.05) is 49.3 Å². The Hall–Kier alpha value is -4.35. The van der Waals surface area contributed by atoms with E-state index in [9.17, 15) is 18.4 Å². The number of likely N-dealkylation sites (tertiary alicyclic amines) is 1. The number of aromatic amines is 1. The molecule has 6 rings (SSSR count). The van der Waals surface area contributed by atoms with Crippen LogP contribution >= 0.6 is 0 Å². The van der Waals surface area contributed by atoms with Crippen molar-refractivity contribution in [2.24, 2.45) is 7.05 Å². The topological polar surface area (TPSA) is 108 Å². The third-order valence-corrected chi connectivity index (χ3v) is 6.48. The van der Waals surface area contributed by atoms with Gasteiger partial charge in [0.1, 0.15) is 18.2 Å². The van der Waals surface area contributed by atoms with E-state index < -0.39 is 18.4 Å². The van der Waals surface area contributed by atoms with Crippen molar-refractivity contribution in [1.29, 1.82) is 0 Å². The molecule has 180 valence electrons. The maximum absolute atomic E-state index is 13.7. The summed E-state index contributed by atoms with van der Waals surface area (Å²) in [5, 5.41) is 4.26. The SMILES string of the molecule is Cn1nc2cc(N3CN(c4ccc(N)cc4)c4cc(C(=O)N5CCC(F)(F)C5)[nH]c43)ccn2c1=O. The normalized spacial score (nSPS) is 16.9. The van der Waals surface area contributed by atoms with Crippen LogP contribution in [-0.4, -0.2) is 55.7 Å². The zero-order valence-electron chi connectivity index (χ0n) is 18.8. The Kier molecular flexibility index (Phi) is 4.44. The van der Waals surface area contributed by atoms with Gasteiger partial charge in [0.25, 0.3) is 11.8 Å². The van der Waals surface area contributed by atoms with E-state index in [0.717, 1.165) is 17.1 Å². The maximum Gasteiger partial charge on any atom is 0.350 e. The number of carbonyl (C=O) groups excluding carboxylic acids is 1. The minimum absolute atomic E-state index is 0.00596. The Balaban J connectivity index is 1.42. The highest BCUT2D eigenvalue weighted by Crippen LogP contribution is 2.45. The first-order valence-corrected chi connectivity index (χ1v) is 11.1. The second kappa shape index (κ2) is 7.32. The van der Waals surface area contributed by atoms with E-state index in [2.05, 4.69) is 10.1 Å². The van der Waals surface area contributed by atoms with Crippen molar-refractivity contribution in [2.75, 3.05) is 35.3 Å². The number of nitrogens with zero attached hydrogens (tertiary/aromatic N) is 6. The van der Waals surface area contributed by atoms with Gasteiger partial charge in [-0.3, -0.25) is 9.20 Å². The number of nitrogen functional groups attached to an aromatic ring is 1. The van der Waals surface area contributed by atoms with Gasteiger partial charge in [-0.15, -0.1) is 0 Å². The lowest BCUT2D eigenvalue weighted by atomic mass is 10.2. The van der Waals surface area contributed by atoms with Crippen LogP contribution in [0.1, 0.15) is 16.9 Å². The zero-order valence-corrected chi connectivity index (χ0v) is 18.8. The van der Waals surface area contributed by atoms with E-state index in [1.807, 2.05) is 21.9 Å². The molecule has 0 spiro atoms. The highest BCUT2D eigenvalue weighted by atomic mass is 19.3. The molecule has 1 saturated heterocycles. The number of rotatable bonds is 3. The highest BCUT2D eigenvalue weighted by Gasteiger charge is 2.41. The van der Waals surface area contributed by atoms with E-state index in [1.165, 1.54) is 14.0 Å². The van der Waals surface area contributed by atoms with Crippen LogP contribution < -0.4 is 21.2 Å². The molecule has 1 amide bonds. The summed E-state index contributed by atoms with van der Waals surface area (Å²) < 4.78 is 30.2. The van der Waals surface area contributed by atoms with Crippen LogP contribution in [0.15, 0.2) is 53.5 Å². The molecule has 10 nitrogen and oxygen atoms in total. The van der Waals surface area contributed by atoms with Crippen molar-refractivity contribution in [1.82, 2.24) is 24.1 Å². The number of aryl methyl sites for hydroxylation is 1. The summed E-state index contributed by atoms with van der Waals surface area (Å²) in [6.07, 6.45) is 1.30. The number of hydrogen-bond acceptors (Lipinski definition) is 6.